The average molecular weight is 503 g/mol. The van der Waals surface area contributed by atoms with Gasteiger partial charge in [-0.25, -0.2) is 9.59 Å². The molecule has 7 N–H and O–H groups in total. The Morgan fingerprint density at radius 1 is 1.05 bits per heavy atom. The summed E-state index contributed by atoms with van der Waals surface area (Å²) in [6.07, 6.45) is 0.389. The Hall–Kier alpha value is -4.37. The Morgan fingerprint density at radius 3 is 2.46 bits per heavy atom. The molecule has 0 unspecified atom stereocenters. The summed E-state index contributed by atoms with van der Waals surface area (Å²) in [7, 11) is 0. The summed E-state index contributed by atoms with van der Waals surface area (Å²) in [5.74, 6) is -0.711. The molecule has 0 aliphatic heterocycles. The van der Waals surface area contributed by atoms with Crippen molar-refractivity contribution in [2.75, 3.05) is 11.9 Å². The number of hydrogen-bond donors (Lipinski definition) is 5. The minimum absolute atomic E-state index is 0.103. The van der Waals surface area contributed by atoms with Gasteiger partial charge in [0.2, 0.25) is 5.91 Å². The number of ether oxygens (including phenoxy) is 1. The van der Waals surface area contributed by atoms with E-state index in [0.717, 1.165) is 33.4 Å². The third-order valence-corrected chi connectivity index (χ3v) is 6.54. The van der Waals surface area contributed by atoms with Crippen molar-refractivity contribution in [2.24, 2.45) is 11.5 Å². The van der Waals surface area contributed by atoms with E-state index in [-0.39, 0.29) is 19.1 Å². The molecule has 4 rings (SSSR count). The van der Waals surface area contributed by atoms with Gasteiger partial charge in [-0.1, -0.05) is 42.5 Å². The van der Waals surface area contributed by atoms with Crippen molar-refractivity contribution in [1.29, 1.82) is 0 Å². The van der Waals surface area contributed by atoms with Crippen molar-refractivity contribution >= 4 is 23.7 Å². The van der Waals surface area contributed by atoms with Crippen LogP contribution < -0.4 is 26.8 Å². The van der Waals surface area contributed by atoms with E-state index in [4.69, 9.17) is 16.2 Å². The van der Waals surface area contributed by atoms with Crippen molar-refractivity contribution in [3.05, 3.63) is 82.4 Å². The first-order valence-electron chi connectivity index (χ1n) is 12.0. The zero-order chi connectivity index (χ0) is 26.5. The van der Waals surface area contributed by atoms with Crippen LogP contribution >= 0.6 is 0 Å². The van der Waals surface area contributed by atoms with Crippen LogP contribution in [0.1, 0.15) is 46.6 Å². The van der Waals surface area contributed by atoms with E-state index in [1.165, 1.54) is 0 Å². The molecule has 3 aromatic carbocycles. The summed E-state index contributed by atoms with van der Waals surface area (Å²) in [6, 6.07) is 16.2. The van der Waals surface area contributed by atoms with E-state index in [2.05, 4.69) is 10.6 Å². The van der Waals surface area contributed by atoms with Crippen LogP contribution in [-0.4, -0.2) is 29.7 Å². The number of benzene rings is 3. The predicted molar refractivity (Wildman–Crippen MR) is 140 cm³/mol. The van der Waals surface area contributed by atoms with Gasteiger partial charge in [0.25, 0.3) is 0 Å². The van der Waals surface area contributed by atoms with Gasteiger partial charge in [0.1, 0.15) is 5.75 Å². The zero-order valence-corrected chi connectivity index (χ0v) is 20.5. The average Bonchev–Trinajstić information content (AvgIpc) is 3.23. The Morgan fingerprint density at radius 2 is 1.78 bits per heavy atom. The van der Waals surface area contributed by atoms with Gasteiger partial charge in [0, 0.05) is 29.8 Å². The van der Waals surface area contributed by atoms with Crippen molar-refractivity contribution in [1.82, 2.24) is 5.32 Å². The fraction of sp³-hybridized carbons (Fsp3) is 0.250. The lowest BCUT2D eigenvalue weighted by Crippen LogP contribution is -2.31. The molecule has 0 fully saturated rings. The smallest absolute Gasteiger partial charge is 0.409 e. The molecule has 0 saturated carbocycles. The summed E-state index contributed by atoms with van der Waals surface area (Å²) in [5.41, 5.74) is 17.2. The van der Waals surface area contributed by atoms with E-state index < -0.39 is 18.0 Å². The second-order valence-corrected chi connectivity index (χ2v) is 9.05. The maximum Gasteiger partial charge on any atom is 0.409 e. The highest BCUT2D eigenvalue weighted by molar-refractivity contribution is 5.97. The number of anilines is 1. The number of aryl methyl sites for hydroxylation is 1. The summed E-state index contributed by atoms with van der Waals surface area (Å²) in [5, 5.41) is 14.8. The van der Waals surface area contributed by atoms with Crippen LogP contribution in [-0.2, 0) is 17.8 Å². The van der Waals surface area contributed by atoms with Crippen LogP contribution in [0, 0.1) is 6.92 Å². The topological polar surface area (TPSA) is 157 Å². The van der Waals surface area contributed by atoms with Crippen molar-refractivity contribution in [2.45, 2.75) is 38.7 Å². The third-order valence-electron chi connectivity index (χ3n) is 6.54. The fourth-order valence-corrected chi connectivity index (χ4v) is 4.89. The normalized spacial score (nSPS) is 12.3. The van der Waals surface area contributed by atoms with Crippen LogP contribution in [0.15, 0.2) is 54.6 Å². The molecule has 0 aromatic heterocycles. The van der Waals surface area contributed by atoms with Gasteiger partial charge < -0.3 is 31.9 Å². The number of carbonyl (C=O) groups excluding carboxylic acids is 3. The number of nitrogens with one attached hydrogen (secondary N) is 2. The summed E-state index contributed by atoms with van der Waals surface area (Å²) in [4.78, 5) is 36.8. The number of fused-ring (bicyclic) bond motifs is 3. The maximum atomic E-state index is 13.7. The lowest BCUT2D eigenvalue weighted by Gasteiger charge is -2.24. The summed E-state index contributed by atoms with van der Waals surface area (Å²) >= 11 is 0. The summed E-state index contributed by atoms with van der Waals surface area (Å²) in [6.45, 7) is 2.06. The van der Waals surface area contributed by atoms with Crippen molar-refractivity contribution < 1.29 is 24.2 Å². The lowest BCUT2D eigenvalue weighted by molar-refractivity contribution is -0.117. The first-order chi connectivity index (χ1) is 17.8. The number of aliphatic hydroxyl groups excluding tert-OH is 1. The van der Waals surface area contributed by atoms with Crippen LogP contribution in [0.3, 0.4) is 0 Å². The van der Waals surface area contributed by atoms with Crippen LogP contribution in [0.4, 0.5) is 15.3 Å². The molecular weight excluding hydrogens is 472 g/mol. The highest BCUT2D eigenvalue weighted by atomic mass is 16.5. The number of amides is 4. The van der Waals surface area contributed by atoms with E-state index in [9.17, 15) is 19.5 Å². The first kappa shape index (κ1) is 25.7. The highest BCUT2D eigenvalue weighted by Crippen LogP contribution is 2.47. The standard InChI is InChI=1S/C28H30N4O5/c1-16-13-22-20-6-3-2-5-18(20)14-23(22)25(37-28(30)36)24(16)21(7-4-12-31-27(29)35)26(34)32-19-10-8-17(15-33)9-11-19/h2-3,5-6,8-11,13,21,33H,4,7,12,14-15H2,1H3,(H2,30,36)(H,32,34)(H3,29,31,35)/t21-/m0/s1. The van der Waals surface area contributed by atoms with E-state index >= 15 is 0 Å². The van der Waals surface area contributed by atoms with E-state index in [1.807, 2.05) is 37.3 Å². The van der Waals surface area contributed by atoms with E-state index in [1.54, 1.807) is 24.3 Å². The minimum atomic E-state index is -0.959. The van der Waals surface area contributed by atoms with Gasteiger partial charge in [0.05, 0.1) is 12.5 Å². The minimum Gasteiger partial charge on any atom is -0.410 e. The Labute approximate surface area is 214 Å². The number of nitrogens with two attached hydrogens (primary N) is 2. The molecule has 0 heterocycles. The summed E-state index contributed by atoms with van der Waals surface area (Å²) < 4.78 is 5.60. The number of aliphatic hydroxyl groups is 1. The zero-order valence-electron chi connectivity index (χ0n) is 20.5. The molecule has 9 heteroatoms. The second-order valence-electron chi connectivity index (χ2n) is 9.05. The van der Waals surface area contributed by atoms with Gasteiger partial charge in [-0.2, -0.15) is 0 Å². The first-order valence-corrected chi connectivity index (χ1v) is 12.0. The molecule has 3 aromatic rings. The van der Waals surface area contributed by atoms with Crippen molar-refractivity contribution in [3.8, 4) is 16.9 Å². The molecule has 9 nitrogen and oxygen atoms in total. The van der Waals surface area contributed by atoms with Gasteiger partial charge in [0.15, 0.2) is 0 Å². The van der Waals surface area contributed by atoms with Gasteiger partial charge in [-0.05, 0) is 59.7 Å². The largest absolute Gasteiger partial charge is 0.410 e. The molecule has 0 saturated heterocycles. The van der Waals surface area contributed by atoms with Gasteiger partial charge >= 0.3 is 12.1 Å². The monoisotopic (exact) mass is 502 g/mol. The number of rotatable bonds is 9. The number of hydrogen-bond acceptors (Lipinski definition) is 5. The molecular formula is C28H30N4O5. The quantitative estimate of drug-likeness (QED) is 0.221. The predicted octanol–water partition coefficient (Wildman–Crippen LogP) is 3.69. The Balaban J connectivity index is 1.75. The number of primary amides is 2. The number of carbonyl (C=O) groups is 3. The Kier molecular flexibility index (Phi) is 7.74. The van der Waals surface area contributed by atoms with Crippen molar-refractivity contribution in [3.63, 3.8) is 0 Å². The van der Waals surface area contributed by atoms with Gasteiger partial charge in [-0.15, -0.1) is 0 Å². The van der Waals surface area contributed by atoms with Crippen LogP contribution in [0.2, 0.25) is 0 Å². The fourth-order valence-electron chi connectivity index (χ4n) is 4.89. The second kappa shape index (κ2) is 11.1. The van der Waals surface area contributed by atoms with Gasteiger partial charge in [-0.3, -0.25) is 4.79 Å². The molecule has 4 amide bonds. The molecule has 0 spiro atoms. The number of urea groups is 1. The maximum absolute atomic E-state index is 13.7. The van der Waals surface area contributed by atoms with E-state index in [0.29, 0.717) is 36.3 Å². The molecule has 1 atom stereocenters. The molecule has 1 aliphatic carbocycles. The molecule has 37 heavy (non-hydrogen) atoms. The molecule has 0 radical (unpaired) electrons. The lowest BCUT2D eigenvalue weighted by atomic mass is 9.85. The molecule has 1 aliphatic rings. The third kappa shape index (κ3) is 5.73. The molecule has 192 valence electrons. The highest BCUT2D eigenvalue weighted by Gasteiger charge is 2.32. The SMILES string of the molecule is Cc1cc2c(c(OC(N)=O)c1[C@H](CCCNC(N)=O)C(=O)Nc1ccc(CO)cc1)Cc1ccccc1-2. The van der Waals surface area contributed by atoms with Crippen LogP contribution in [0.25, 0.3) is 11.1 Å². The van der Waals surface area contributed by atoms with Crippen LogP contribution in [0.5, 0.6) is 5.75 Å². The molecule has 0 bridgehead atoms. The Bertz CT molecular complexity index is 1340.